The molecule has 0 fully saturated rings. The summed E-state index contributed by atoms with van der Waals surface area (Å²) in [6.45, 7) is 0. The van der Waals surface area contributed by atoms with E-state index in [1.54, 1.807) is 6.26 Å². The van der Waals surface area contributed by atoms with Gasteiger partial charge in [-0.1, -0.05) is 29.8 Å². The lowest BCUT2D eigenvalue weighted by molar-refractivity contribution is 0.616. The van der Waals surface area contributed by atoms with Crippen molar-refractivity contribution < 1.29 is 4.42 Å². The number of hydrogen-bond donors (Lipinski definition) is 0. The van der Waals surface area contributed by atoms with Gasteiger partial charge in [-0.2, -0.15) is 5.26 Å². The molecule has 3 rings (SSSR count). The van der Waals surface area contributed by atoms with Gasteiger partial charge in [-0.3, -0.25) is 0 Å². The number of aromatic nitrogens is 2. The number of furan rings is 1. The van der Waals surface area contributed by atoms with Gasteiger partial charge >= 0.3 is 0 Å². The quantitative estimate of drug-likeness (QED) is 0.625. The summed E-state index contributed by atoms with van der Waals surface area (Å²) in [7, 11) is 0. The molecule has 18 heavy (non-hydrogen) atoms. The van der Waals surface area contributed by atoms with Gasteiger partial charge in [0.25, 0.3) is 0 Å². The first-order chi connectivity index (χ1) is 8.79. The Morgan fingerprint density at radius 3 is 2.89 bits per heavy atom. The van der Waals surface area contributed by atoms with Crippen LogP contribution in [0.5, 0.6) is 0 Å². The highest BCUT2D eigenvalue weighted by atomic mass is 35.5. The number of rotatable bonds is 1. The number of fused-ring (bicyclic) bond motifs is 1. The van der Waals surface area contributed by atoms with E-state index in [2.05, 4.69) is 9.97 Å². The van der Waals surface area contributed by atoms with Crippen molar-refractivity contribution in [2.45, 2.75) is 0 Å². The minimum atomic E-state index is 0.146. The van der Waals surface area contributed by atoms with E-state index in [1.807, 2.05) is 30.3 Å². The molecule has 0 aliphatic heterocycles. The van der Waals surface area contributed by atoms with Crippen molar-refractivity contribution in [2.24, 2.45) is 0 Å². The summed E-state index contributed by atoms with van der Waals surface area (Å²) >= 11 is 5.89. The number of halogens is 1. The predicted octanol–water partition coefficient (Wildman–Crippen LogP) is 3.41. The summed E-state index contributed by atoms with van der Waals surface area (Å²) in [5.41, 5.74) is 1.78. The Bertz CT molecular complexity index is 773. The van der Waals surface area contributed by atoms with Crippen LogP contribution in [-0.2, 0) is 0 Å². The van der Waals surface area contributed by atoms with E-state index in [-0.39, 0.29) is 10.7 Å². The van der Waals surface area contributed by atoms with Crippen LogP contribution in [-0.4, -0.2) is 9.97 Å². The van der Waals surface area contributed by atoms with Gasteiger partial charge in [0.15, 0.2) is 11.0 Å². The molecule has 3 aromatic rings. The van der Waals surface area contributed by atoms with Crippen LogP contribution in [0.4, 0.5) is 0 Å². The minimum absolute atomic E-state index is 0.146. The van der Waals surface area contributed by atoms with Crippen molar-refractivity contribution in [1.82, 2.24) is 9.97 Å². The molecule has 2 aromatic heterocycles. The highest BCUT2D eigenvalue weighted by Crippen LogP contribution is 2.28. The summed E-state index contributed by atoms with van der Waals surface area (Å²) in [4.78, 5) is 8.23. The second-order valence-electron chi connectivity index (χ2n) is 3.66. The molecular formula is C13H6ClN3O. The van der Waals surface area contributed by atoms with Gasteiger partial charge in [0.1, 0.15) is 23.5 Å². The van der Waals surface area contributed by atoms with Gasteiger partial charge in [0, 0.05) is 5.39 Å². The van der Waals surface area contributed by atoms with Gasteiger partial charge in [-0.15, -0.1) is 0 Å². The highest BCUT2D eigenvalue weighted by Gasteiger charge is 2.12. The fourth-order valence-electron chi connectivity index (χ4n) is 1.72. The van der Waals surface area contributed by atoms with Gasteiger partial charge in [-0.25, -0.2) is 9.97 Å². The molecule has 5 heteroatoms. The highest BCUT2D eigenvalue weighted by molar-refractivity contribution is 6.30. The van der Waals surface area contributed by atoms with Crippen LogP contribution in [0.3, 0.4) is 0 Å². The van der Waals surface area contributed by atoms with Crippen LogP contribution in [0.25, 0.3) is 22.4 Å². The summed E-state index contributed by atoms with van der Waals surface area (Å²) in [6, 6.07) is 9.51. The minimum Gasteiger partial charge on any atom is -0.464 e. The molecule has 0 unspecified atom stereocenters. The van der Waals surface area contributed by atoms with Crippen LogP contribution < -0.4 is 0 Å². The number of nitriles is 1. The molecule has 86 valence electrons. The molecule has 4 nitrogen and oxygen atoms in total. The van der Waals surface area contributed by atoms with Crippen molar-refractivity contribution in [3.63, 3.8) is 0 Å². The molecule has 0 amide bonds. The largest absolute Gasteiger partial charge is 0.464 e. The molecule has 0 N–H and O–H groups in total. The maximum Gasteiger partial charge on any atom is 0.164 e. The first-order valence-corrected chi connectivity index (χ1v) is 5.56. The molecule has 0 saturated heterocycles. The maximum absolute atomic E-state index is 8.78. The Kier molecular flexibility index (Phi) is 2.47. The second kappa shape index (κ2) is 4.13. The van der Waals surface area contributed by atoms with E-state index >= 15 is 0 Å². The van der Waals surface area contributed by atoms with Crippen molar-refractivity contribution in [3.8, 4) is 17.5 Å². The lowest BCUT2D eigenvalue weighted by Crippen LogP contribution is -1.91. The van der Waals surface area contributed by atoms with Crippen LogP contribution in [0.15, 0.2) is 41.1 Å². The number of hydrogen-bond acceptors (Lipinski definition) is 4. The van der Waals surface area contributed by atoms with E-state index in [4.69, 9.17) is 21.3 Å². The van der Waals surface area contributed by atoms with Crippen molar-refractivity contribution in [1.29, 1.82) is 5.26 Å². The van der Waals surface area contributed by atoms with E-state index in [1.165, 1.54) is 6.20 Å². The van der Waals surface area contributed by atoms with Crippen molar-refractivity contribution >= 4 is 22.6 Å². The zero-order chi connectivity index (χ0) is 12.5. The first-order valence-electron chi connectivity index (χ1n) is 5.19. The Labute approximate surface area is 107 Å². The Balaban J connectivity index is 2.21. The zero-order valence-corrected chi connectivity index (χ0v) is 9.85. The summed E-state index contributed by atoms with van der Waals surface area (Å²) in [5, 5.41) is 9.84. The van der Waals surface area contributed by atoms with Gasteiger partial charge < -0.3 is 4.42 Å². The third kappa shape index (κ3) is 1.62. The molecule has 2 heterocycles. The Hall–Kier alpha value is -2.38. The molecule has 1 aromatic carbocycles. The number of para-hydroxylation sites is 1. The van der Waals surface area contributed by atoms with E-state index in [0.29, 0.717) is 5.82 Å². The van der Waals surface area contributed by atoms with Crippen LogP contribution in [0.1, 0.15) is 5.56 Å². The molecule has 0 atom stereocenters. The molecule has 0 aliphatic rings. The van der Waals surface area contributed by atoms with E-state index in [0.717, 1.165) is 16.5 Å². The third-order valence-electron chi connectivity index (χ3n) is 2.58. The molecule has 0 aliphatic carbocycles. The summed E-state index contributed by atoms with van der Waals surface area (Å²) in [6.07, 6.45) is 2.99. The van der Waals surface area contributed by atoms with Gasteiger partial charge in [0.2, 0.25) is 0 Å². The SMILES string of the molecule is N#Cc1cnc(-c2coc3ccccc23)nc1Cl. The van der Waals surface area contributed by atoms with Crippen LogP contribution >= 0.6 is 11.6 Å². The van der Waals surface area contributed by atoms with Gasteiger partial charge in [-0.05, 0) is 6.07 Å². The maximum atomic E-state index is 8.78. The smallest absolute Gasteiger partial charge is 0.164 e. The number of benzene rings is 1. The lowest BCUT2D eigenvalue weighted by Gasteiger charge is -1.98. The average molecular weight is 256 g/mol. The molecule has 0 bridgehead atoms. The van der Waals surface area contributed by atoms with E-state index in [9.17, 15) is 0 Å². The first kappa shape index (κ1) is 10.8. The fraction of sp³-hybridized carbons (Fsp3) is 0. The summed E-state index contributed by atoms with van der Waals surface area (Å²) in [5.74, 6) is 0.448. The molecular weight excluding hydrogens is 250 g/mol. The average Bonchev–Trinajstić information content (AvgIpc) is 2.82. The standard InChI is InChI=1S/C13H6ClN3O/c14-12-8(5-15)6-16-13(17-12)10-7-18-11-4-2-1-3-9(10)11/h1-4,6-7H. The zero-order valence-electron chi connectivity index (χ0n) is 9.09. The molecule has 0 radical (unpaired) electrons. The number of nitrogens with zero attached hydrogens (tertiary/aromatic N) is 3. The van der Waals surface area contributed by atoms with Crippen LogP contribution in [0, 0.1) is 11.3 Å². The Morgan fingerprint density at radius 2 is 2.11 bits per heavy atom. The topological polar surface area (TPSA) is 62.7 Å². The van der Waals surface area contributed by atoms with Crippen molar-refractivity contribution in [2.75, 3.05) is 0 Å². The molecule has 0 saturated carbocycles. The third-order valence-corrected chi connectivity index (χ3v) is 2.87. The lowest BCUT2D eigenvalue weighted by atomic mass is 10.1. The normalized spacial score (nSPS) is 10.4. The van der Waals surface area contributed by atoms with Crippen LogP contribution in [0.2, 0.25) is 5.15 Å². The Morgan fingerprint density at radius 1 is 1.28 bits per heavy atom. The predicted molar refractivity (Wildman–Crippen MR) is 67.0 cm³/mol. The monoisotopic (exact) mass is 255 g/mol. The summed E-state index contributed by atoms with van der Waals surface area (Å²) < 4.78 is 5.41. The van der Waals surface area contributed by atoms with E-state index < -0.39 is 0 Å². The van der Waals surface area contributed by atoms with Gasteiger partial charge in [0.05, 0.1) is 11.8 Å². The molecule has 0 spiro atoms. The fourth-order valence-corrected chi connectivity index (χ4v) is 1.89. The second-order valence-corrected chi connectivity index (χ2v) is 4.01. The van der Waals surface area contributed by atoms with Crippen molar-refractivity contribution in [3.05, 3.63) is 47.4 Å².